The molecule has 0 aliphatic heterocycles. The lowest BCUT2D eigenvalue weighted by atomic mass is 10.2. The number of nitro groups is 1. The fraction of sp³-hybridized carbons (Fsp3) is 0.300. The van der Waals surface area contributed by atoms with Crippen LogP contribution in [0, 0.1) is 15.9 Å². The topological polar surface area (TPSA) is 81.5 Å². The molecule has 0 heterocycles. The van der Waals surface area contributed by atoms with Crippen molar-refractivity contribution >= 4 is 17.3 Å². The molecule has 1 rings (SSSR count). The Hall–Kier alpha value is -2.02. The first-order valence-electron chi connectivity index (χ1n) is 4.86. The molecule has 0 aromatic heterocycles. The summed E-state index contributed by atoms with van der Waals surface area (Å²) in [7, 11) is 0. The van der Waals surface area contributed by atoms with E-state index < -0.39 is 16.6 Å². The maximum Gasteiger partial charge on any atom is 0.271 e. The highest BCUT2D eigenvalue weighted by Gasteiger charge is 2.12. The van der Waals surface area contributed by atoms with Gasteiger partial charge in [-0.05, 0) is 13.0 Å². The standard InChI is InChI=1S/C10H11FN2O4/c1-2-17-6-10(14)12-9-5-7(13(15)16)3-4-8(9)11/h3-5H,2,6H2,1H3,(H,12,14). The average Bonchev–Trinajstić information content (AvgIpc) is 2.29. The van der Waals surface area contributed by atoms with Gasteiger partial charge in [0.2, 0.25) is 5.91 Å². The average molecular weight is 242 g/mol. The summed E-state index contributed by atoms with van der Waals surface area (Å²) in [6.07, 6.45) is 0. The monoisotopic (exact) mass is 242 g/mol. The first kappa shape index (κ1) is 13.0. The van der Waals surface area contributed by atoms with Crippen LogP contribution in [0.3, 0.4) is 0 Å². The molecule has 1 aromatic rings. The zero-order chi connectivity index (χ0) is 12.8. The number of carbonyl (C=O) groups excluding carboxylic acids is 1. The lowest BCUT2D eigenvalue weighted by molar-refractivity contribution is -0.384. The van der Waals surface area contributed by atoms with Gasteiger partial charge in [0.25, 0.3) is 5.69 Å². The summed E-state index contributed by atoms with van der Waals surface area (Å²) in [4.78, 5) is 21.0. The zero-order valence-corrected chi connectivity index (χ0v) is 9.10. The molecule has 0 spiro atoms. The number of non-ortho nitro benzene ring substituents is 1. The van der Waals surface area contributed by atoms with Crippen LogP contribution in [0.15, 0.2) is 18.2 Å². The SMILES string of the molecule is CCOCC(=O)Nc1cc([N+](=O)[O-])ccc1F. The maximum absolute atomic E-state index is 13.2. The number of amides is 1. The highest BCUT2D eigenvalue weighted by atomic mass is 19.1. The Morgan fingerprint density at radius 2 is 2.29 bits per heavy atom. The third-order valence-corrected chi connectivity index (χ3v) is 1.87. The van der Waals surface area contributed by atoms with Crippen LogP contribution in [0.4, 0.5) is 15.8 Å². The van der Waals surface area contributed by atoms with Crippen molar-refractivity contribution in [2.24, 2.45) is 0 Å². The Labute approximate surface area is 96.5 Å². The highest BCUT2D eigenvalue weighted by Crippen LogP contribution is 2.20. The van der Waals surface area contributed by atoms with Crippen LogP contribution in [-0.2, 0) is 9.53 Å². The summed E-state index contributed by atoms with van der Waals surface area (Å²) in [5.41, 5.74) is -0.526. The third kappa shape index (κ3) is 3.80. The van der Waals surface area contributed by atoms with E-state index in [4.69, 9.17) is 4.74 Å². The molecule has 1 N–H and O–H groups in total. The van der Waals surface area contributed by atoms with Crippen molar-refractivity contribution in [1.29, 1.82) is 0 Å². The maximum atomic E-state index is 13.2. The molecular weight excluding hydrogens is 231 g/mol. The van der Waals surface area contributed by atoms with Gasteiger partial charge in [0.1, 0.15) is 12.4 Å². The summed E-state index contributed by atoms with van der Waals surface area (Å²) >= 11 is 0. The van der Waals surface area contributed by atoms with Crippen LogP contribution in [0.2, 0.25) is 0 Å². The Bertz CT molecular complexity index is 436. The van der Waals surface area contributed by atoms with Gasteiger partial charge in [-0.25, -0.2) is 4.39 Å². The molecule has 0 bridgehead atoms. The van der Waals surface area contributed by atoms with Crippen molar-refractivity contribution in [2.75, 3.05) is 18.5 Å². The van der Waals surface area contributed by atoms with E-state index >= 15 is 0 Å². The predicted molar refractivity (Wildman–Crippen MR) is 58.2 cm³/mol. The number of nitrogens with one attached hydrogen (secondary N) is 1. The number of hydrogen-bond donors (Lipinski definition) is 1. The number of halogens is 1. The summed E-state index contributed by atoms with van der Waals surface area (Å²) < 4.78 is 18.1. The van der Waals surface area contributed by atoms with Gasteiger partial charge in [0.15, 0.2) is 0 Å². The number of hydrogen-bond acceptors (Lipinski definition) is 4. The van der Waals surface area contributed by atoms with E-state index in [0.29, 0.717) is 6.61 Å². The number of rotatable bonds is 5. The minimum atomic E-state index is -0.736. The second kappa shape index (κ2) is 5.90. The van der Waals surface area contributed by atoms with Gasteiger partial charge >= 0.3 is 0 Å². The highest BCUT2D eigenvalue weighted by molar-refractivity contribution is 5.92. The third-order valence-electron chi connectivity index (χ3n) is 1.87. The Morgan fingerprint density at radius 1 is 1.59 bits per heavy atom. The van der Waals surface area contributed by atoms with E-state index in [9.17, 15) is 19.3 Å². The van der Waals surface area contributed by atoms with Gasteiger partial charge in [-0.2, -0.15) is 0 Å². The van der Waals surface area contributed by atoms with Crippen LogP contribution in [0.5, 0.6) is 0 Å². The number of ether oxygens (including phenoxy) is 1. The predicted octanol–water partition coefficient (Wildman–Crippen LogP) is 1.71. The van der Waals surface area contributed by atoms with E-state index in [1.54, 1.807) is 6.92 Å². The minimum absolute atomic E-state index is 0.224. The second-order valence-corrected chi connectivity index (χ2v) is 3.11. The summed E-state index contributed by atoms with van der Waals surface area (Å²) in [6.45, 7) is 1.84. The van der Waals surface area contributed by atoms with Crippen LogP contribution in [-0.4, -0.2) is 24.0 Å². The summed E-state index contributed by atoms with van der Waals surface area (Å²) in [5.74, 6) is -1.30. The van der Waals surface area contributed by atoms with Crippen molar-refractivity contribution in [3.63, 3.8) is 0 Å². The fourth-order valence-corrected chi connectivity index (χ4v) is 1.10. The summed E-state index contributed by atoms with van der Waals surface area (Å²) in [6, 6.07) is 2.90. The van der Waals surface area contributed by atoms with Crippen LogP contribution < -0.4 is 5.32 Å². The molecule has 1 amide bonds. The van der Waals surface area contributed by atoms with Crippen LogP contribution in [0.1, 0.15) is 6.92 Å². The van der Waals surface area contributed by atoms with Crippen molar-refractivity contribution in [1.82, 2.24) is 0 Å². The molecule has 0 aliphatic carbocycles. The normalized spacial score (nSPS) is 10.0. The van der Waals surface area contributed by atoms with Crippen molar-refractivity contribution in [3.8, 4) is 0 Å². The van der Waals surface area contributed by atoms with E-state index in [-0.39, 0.29) is 18.0 Å². The molecule has 0 atom stereocenters. The van der Waals surface area contributed by atoms with Crippen LogP contribution in [0.25, 0.3) is 0 Å². The minimum Gasteiger partial charge on any atom is -0.372 e. The van der Waals surface area contributed by atoms with Crippen molar-refractivity contribution in [2.45, 2.75) is 6.92 Å². The quantitative estimate of drug-likeness (QED) is 0.629. The van der Waals surface area contributed by atoms with Gasteiger partial charge in [0.05, 0.1) is 10.6 Å². The van der Waals surface area contributed by atoms with Crippen LogP contribution >= 0.6 is 0 Å². The fourth-order valence-electron chi connectivity index (χ4n) is 1.10. The van der Waals surface area contributed by atoms with Crippen molar-refractivity contribution in [3.05, 3.63) is 34.1 Å². The molecule has 0 saturated carbocycles. The number of nitro benzene ring substituents is 1. The largest absolute Gasteiger partial charge is 0.372 e. The zero-order valence-electron chi connectivity index (χ0n) is 9.10. The number of nitrogens with zero attached hydrogens (tertiary/aromatic N) is 1. The molecule has 0 fully saturated rings. The van der Waals surface area contributed by atoms with Gasteiger partial charge in [-0.15, -0.1) is 0 Å². The molecule has 0 radical (unpaired) electrons. The van der Waals surface area contributed by atoms with E-state index in [2.05, 4.69) is 5.32 Å². The molecule has 0 unspecified atom stereocenters. The lowest BCUT2D eigenvalue weighted by Crippen LogP contribution is -2.19. The molecule has 0 saturated heterocycles. The molecule has 17 heavy (non-hydrogen) atoms. The molecule has 1 aromatic carbocycles. The van der Waals surface area contributed by atoms with E-state index in [1.807, 2.05) is 0 Å². The first-order chi connectivity index (χ1) is 8.04. The van der Waals surface area contributed by atoms with Gasteiger partial charge in [-0.1, -0.05) is 0 Å². The van der Waals surface area contributed by atoms with Crippen molar-refractivity contribution < 1.29 is 18.8 Å². The smallest absolute Gasteiger partial charge is 0.271 e. The molecule has 92 valence electrons. The lowest BCUT2D eigenvalue weighted by Gasteiger charge is -2.06. The Balaban J connectivity index is 2.79. The first-order valence-corrected chi connectivity index (χ1v) is 4.86. The second-order valence-electron chi connectivity index (χ2n) is 3.11. The van der Waals surface area contributed by atoms with E-state index in [0.717, 1.165) is 18.2 Å². The van der Waals surface area contributed by atoms with Gasteiger partial charge in [-0.3, -0.25) is 14.9 Å². The van der Waals surface area contributed by atoms with E-state index in [1.165, 1.54) is 0 Å². The molecule has 0 aliphatic rings. The van der Waals surface area contributed by atoms with Gasteiger partial charge < -0.3 is 10.1 Å². The number of anilines is 1. The number of benzene rings is 1. The molecule has 7 heteroatoms. The Kier molecular flexibility index (Phi) is 4.53. The number of carbonyl (C=O) groups is 1. The summed E-state index contributed by atoms with van der Waals surface area (Å²) in [5, 5.41) is 12.7. The Morgan fingerprint density at radius 3 is 2.88 bits per heavy atom. The molecule has 6 nitrogen and oxygen atoms in total. The van der Waals surface area contributed by atoms with Gasteiger partial charge in [0, 0.05) is 18.7 Å². The molecular formula is C10H11FN2O4.